The van der Waals surface area contributed by atoms with E-state index in [-0.39, 0.29) is 0 Å². The molecular weight excluding hydrogens is 318 g/mol. The summed E-state index contributed by atoms with van der Waals surface area (Å²) < 4.78 is 7.11. The molecule has 3 N–H and O–H groups in total. The lowest BCUT2D eigenvalue weighted by Gasteiger charge is -2.36. The van der Waals surface area contributed by atoms with Crippen LogP contribution in [0.5, 0.6) is 5.75 Å². The monoisotopic (exact) mass is 341 g/mol. The minimum Gasteiger partial charge on any atom is -0.494 e. The first-order chi connectivity index (χ1) is 12.1. The molecular formula is C18H23N5O2. The summed E-state index contributed by atoms with van der Waals surface area (Å²) in [4.78, 5) is 11.2. The van der Waals surface area contributed by atoms with E-state index in [0.29, 0.717) is 34.6 Å². The van der Waals surface area contributed by atoms with E-state index in [1.807, 2.05) is 18.2 Å². The Kier molecular flexibility index (Phi) is 3.97. The Morgan fingerprint density at radius 3 is 2.92 bits per heavy atom. The van der Waals surface area contributed by atoms with Gasteiger partial charge in [0.25, 0.3) is 0 Å². The van der Waals surface area contributed by atoms with Crippen molar-refractivity contribution in [1.29, 1.82) is 0 Å². The van der Waals surface area contributed by atoms with Gasteiger partial charge in [0.1, 0.15) is 22.6 Å². The molecule has 2 unspecified atom stereocenters. The van der Waals surface area contributed by atoms with Crippen LogP contribution >= 0.6 is 0 Å². The van der Waals surface area contributed by atoms with Gasteiger partial charge in [0.15, 0.2) is 6.23 Å². The Bertz CT molecular complexity index is 923. The number of methoxy groups -OCH3 is 1. The number of rotatable bonds is 3. The number of piperidine rings is 1. The van der Waals surface area contributed by atoms with Gasteiger partial charge in [0.05, 0.1) is 7.11 Å². The Morgan fingerprint density at radius 1 is 1.32 bits per heavy atom. The zero-order chi connectivity index (χ0) is 17.6. The lowest BCUT2D eigenvalue weighted by atomic mass is 10.0. The predicted molar refractivity (Wildman–Crippen MR) is 96.4 cm³/mol. The number of fused-ring (bicyclic) bond motifs is 3. The lowest BCUT2D eigenvalue weighted by Crippen LogP contribution is -2.40. The molecule has 132 valence electrons. The van der Waals surface area contributed by atoms with Gasteiger partial charge in [-0.15, -0.1) is 0 Å². The van der Waals surface area contributed by atoms with Crippen LogP contribution in [0.4, 0.5) is 5.95 Å². The van der Waals surface area contributed by atoms with Crippen molar-refractivity contribution in [2.75, 3.05) is 19.4 Å². The fourth-order valence-corrected chi connectivity index (χ4v) is 3.69. The minimum absolute atomic E-state index is 0.324. The zero-order valence-electron chi connectivity index (χ0n) is 14.5. The predicted octanol–water partition coefficient (Wildman–Crippen LogP) is 2.34. The molecule has 3 heterocycles. The second-order valence-electron chi connectivity index (χ2n) is 6.64. The van der Waals surface area contributed by atoms with Crippen molar-refractivity contribution in [3.05, 3.63) is 30.1 Å². The van der Waals surface area contributed by atoms with Gasteiger partial charge in [-0.2, -0.15) is 0 Å². The number of nitrogen functional groups attached to an aromatic ring is 1. The van der Waals surface area contributed by atoms with Crippen LogP contribution in [0.1, 0.15) is 38.1 Å². The van der Waals surface area contributed by atoms with Gasteiger partial charge in [-0.25, -0.2) is 9.97 Å². The molecule has 2 aromatic heterocycles. The van der Waals surface area contributed by atoms with Crippen molar-refractivity contribution in [3.63, 3.8) is 0 Å². The summed E-state index contributed by atoms with van der Waals surface area (Å²) >= 11 is 0. The molecule has 0 spiro atoms. The molecule has 1 fully saturated rings. The minimum atomic E-state index is -0.741. The lowest BCUT2D eigenvalue weighted by molar-refractivity contribution is -0.0402. The number of benzene rings is 1. The highest BCUT2D eigenvalue weighted by molar-refractivity contribution is 5.96. The highest BCUT2D eigenvalue weighted by Crippen LogP contribution is 2.31. The topological polar surface area (TPSA) is 88.9 Å². The Hall–Kier alpha value is -2.38. The van der Waals surface area contributed by atoms with Crippen LogP contribution in [0.25, 0.3) is 16.6 Å². The van der Waals surface area contributed by atoms with Gasteiger partial charge in [0.2, 0.25) is 5.95 Å². The number of hydrogen-bond donors (Lipinski definition) is 2. The number of para-hydroxylation sites is 1. The summed E-state index contributed by atoms with van der Waals surface area (Å²) in [6.07, 6.45) is 4.43. The first kappa shape index (κ1) is 16.1. The van der Waals surface area contributed by atoms with Crippen molar-refractivity contribution in [3.8, 4) is 5.75 Å². The van der Waals surface area contributed by atoms with Gasteiger partial charge in [-0.1, -0.05) is 12.5 Å². The maximum absolute atomic E-state index is 10.8. The van der Waals surface area contributed by atoms with Crippen molar-refractivity contribution >= 4 is 22.5 Å². The third-order valence-corrected chi connectivity index (χ3v) is 5.09. The van der Waals surface area contributed by atoms with E-state index in [9.17, 15) is 5.11 Å². The molecule has 1 saturated heterocycles. The van der Waals surface area contributed by atoms with E-state index in [1.165, 1.54) is 6.42 Å². The summed E-state index contributed by atoms with van der Waals surface area (Å²) in [5.74, 6) is 0.978. The molecule has 0 radical (unpaired) electrons. The Labute approximate surface area is 146 Å². The number of hydrogen-bond acceptors (Lipinski definition) is 6. The number of aromatic nitrogens is 3. The van der Waals surface area contributed by atoms with Crippen molar-refractivity contribution < 1.29 is 9.84 Å². The number of anilines is 1. The third-order valence-electron chi connectivity index (χ3n) is 5.09. The second-order valence-corrected chi connectivity index (χ2v) is 6.64. The smallest absolute Gasteiger partial charge is 0.206 e. The molecule has 25 heavy (non-hydrogen) atoms. The van der Waals surface area contributed by atoms with Crippen molar-refractivity contribution in [2.45, 2.75) is 38.5 Å². The molecule has 0 bridgehead atoms. The highest BCUT2D eigenvalue weighted by Gasteiger charge is 2.28. The van der Waals surface area contributed by atoms with Gasteiger partial charge >= 0.3 is 0 Å². The first-order valence-corrected chi connectivity index (χ1v) is 8.65. The SMILES string of the molecule is COc1cccc2c1nc(N)n1cc(C(O)N3CCCCC3C)nc21. The average Bonchev–Trinajstić information content (AvgIpc) is 3.07. The number of imidazole rings is 1. The van der Waals surface area contributed by atoms with Crippen LogP contribution in [-0.2, 0) is 0 Å². The number of nitrogens with zero attached hydrogens (tertiary/aromatic N) is 4. The zero-order valence-corrected chi connectivity index (χ0v) is 14.5. The molecule has 3 aromatic rings. The van der Waals surface area contributed by atoms with E-state index in [1.54, 1.807) is 17.7 Å². The van der Waals surface area contributed by atoms with E-state index in [2.05, 4.69) is 21.8 Å². The second kappa shape index (κ2) is 6.16. The third kappa shape index (κ3) is 2.60. The number of nitrogens with two attached hydrogens (primary N) is 1. The van der Waals surface area contributed by atoms with Gasteiger partial charge < -0.3 is 15.6 Å². The summed E-state index contributed by atoms with van der Waals surface area (Å²) in [6.45, 7) is 3.02. The largest absolute Gasteiger partial charge is 0.494 e. The quantitative estimate of drug-likeness (QED) is 0.760. The van der Waals surface area contributed by atoms with Gasteiger partial charge in [-0.3, -0.25) is 9.30 Å². The fraction of sp³-hybridized carbons (Fsp3) is 0.444. The van der Waals surface area contributed by atoms with Crippen LogP contribution in [0, 0.1) is 0 Å². The van der Waals surface area contributed by atoms with E-state index < -0.39 is 6.23 Å². The normalized spacial score (nSPS) is 20.2. The van der Waals surface area contributed by atoms with Crippen LogP contribution < -0.4 is 10.5 Å². The number of aliphatic hydroxyl groups excluding tert-OH is 1. The van der Waals surface area contributed by atoms with E-state index in [4.69, 9.17) is 10.5 Å². The Balaban J connectivity index is 1.84. The number of ether oxygens (including phenoxy) is 1. The van der Waals surface area contributed by atoms with Crippen LogP contribution in [0.2, 0.25) is 0 Å². The van der Waals surface area contributed by atoms with Crippen molar-refractivity contribution in [1.82, 2.24) is 19.3 Å². The van der Waals surface area contributed by atoms with E-state index in [0.717, 1.165) is 24.8 Å². The maximum Gasteiger partial charge on any atom is 0.206 e. The Morgan fingerprint density at radius 2 is 2.16 bits per heavy atom. The average molecular weight is 341 g/mol. The summed E-state index contributed by atoms with van der Waals surface area (Å²) in [5, 5.41) is 11.7. The standard InChI is InChI=1S/C18H23N5O2/c1-11-6-3-4-9-22(11)17(24)13-10-23-16(20-13)12-7-5-8-14(25-2)15(12)21-18(23)19/h5,7-8,10-11,17,24H,3-4,6,9H2,1-2H3,(H2,19,21). The molecule has 1 aliphatic rings. The van der Waals surface area contributed by atoms with E-state index >= 15 is 0 Å². The maximum atomic E-state index is 10.8. The fourth-order valence-electron chi connectivity index (χ4n) is 3.69. The molecule has 1 aliphatic heterocycles. The molecule has 4 rings (SSSR count). The number of aliphatic hydroxyl groups is 1. The molecule has 7 nitrogen and oxygen atoms in total. The van der Waals surface area contributed by atoms with Gasteiger partial charge in [-0.05, 0) is 31.9 Å². The molecule has 7 heteroatoms. The van der Waals surface area contributed by atoms with Gasteiger partial charge in [0, 0.05) is 24.2 Å². The summed E-state index contributed by atoms with van der Waals surface area (Å²) in [5.41, 5.74) is 8.08. The van der Waals surface area contributed by atoms with Crippen LogP contribution in [0.15, 0.2) is 24.4 Å². The first-order valence-electron chi connectivity index (χ1n) is 8.65. The molecule has 2 atom stereocenters. The number of likely N-dealkylation sites (tertiary alicyclic amines) is 1. The molecule has 0 aliphatic carbocycles. The highest BCUT2D eigenvalue weighted by atomic mass is 16.5. The molecule has 1 aromatic carbocycles. The summed E-state index contributed by atoms with van der Waals surface area (Å²) in [6, 6.07) is 6.02. The molecule has 0 amide bonds. The van der Waals surface area contributed by atoms with Crippen LogP contribution in [0.3, 0.4) is 0 Å². The molecule has 0 saturated carbocycles. The van der Waals surface area contributed by atoms with Crippen molar-refractivity contribution in [2.24, 2.45) is 0 Å². The van der Waals surface area contributed by atoms with Crippen LogP contribution in [-0.4, -0.2) is 44.1 Å². The summed E-state index contributed by atoms with van der Waals surface area (Å²) in [7, 11) is 1.61.